The maximum absolute atomic E-state index is 12.1. The maximum Gasteiger partial charge on any atom is 0.142 e. The fourth-order valence-electron chi connectivity index (χ4n) is 3.86. The van der Waals surface area contributed by atoms with Crippen molar-refractivity contribution in [2.75, 3.05) is 0 Å². The summed E-state index contributed by atoms with van der Waals surface area (Å²) in [6.45, 7) is 4.39. The summed E-state index contributed by atoms with van der Waals surface area (Å²) in [5, 5.41) is 0. The lowest BCUT2D eigenvalue weighted by Crippen LogP contribution is -2.56. The summed E-state index contributed by atoms with van der Waals surface area (Å²) in [6.07, 6.45) is 8.65. The van der Waals surface area contributed by atoms with E-state index in [1.54, 1.807) is 0 Å². The van der Waals surface area contributed by atoms with Gasteiger partial charge in [0.15, 0.2) is 0 Å². The Hall–Kier alpha value is -0.330. The van der Waals surface area contributed by atoms with E-state index in [0.717, 1.165) is 18.8 Å². The molecule has 0 amide bonds. The smallest absolute Gasteiger partial charge is 0.142 e. The van der Waals surface area contributed by atoms with Gasteiger partial charge >= 0.3 is 0 Å². The summed E-state index contributed by atoms with van der Waals surface area (Å²) >= 11 is 0. The molecule has 0 bridgehead atoms. The number of hydrogen-bond acceptors (Lipinski definition) is 1. The van der Waals surface area contributed by atoms with E-state index in [-0.39, 0.29) is 5.41 Å². The lowest BCUT2D eigenvalue weighted by atomic mass is 9.49. The number of Topliss-reactive ketones (excluding diaryl/α,β-unsaturated/α-hetero) is 1. The summed E-state index contributed by atoms with van der Waals surface area (Å²) in [5.74, 6) is 1.80. The Labute approximate surface area is 87.3 Å². The summed E-state index contributed by atoms with van der Waals surface area (Å²) < 4.78 is 0. The van der Waals surface area contributed by atoms with Gasteiger partial charge in [-0.15, -0.1) is 0 Å². The highest BCUT2D eigenvalue weighted by molar-refractivity contribution is 5.93. The van der Waals surface area contributed by atoms with E-state index in [1.165, 1.54) is 32.1 Å². The van der Waals surface area contributed by atoms with Crippen molar-refractivity contribution in [3.8, 4) is 0 Å². The molecule has 0 aromatic heterocycles. The number of carbonyl (C=O) groups is 1. The highest BCUT2D eigenvalue weighted by atomic mass is 16.1. The van der Waals surface area contributed by atoms with Crippen LogP contribution in [0.1, 0.15) is 58.8 Å². The first-order valence-electron chi connectivity index (χ1n) is 6.30. The first kappa shape index (κ1) is 10.2. The fourth-order valence-corrected chi connectivity index (χ4v) is 3.86. The molecule has 0 heterocycles. The monoisotopic (exact) mass is 194 g/mol. The van der Waals surface area contributed by atoms with Crippen molar-refractivity contribution in [2.45, 2.75) is 58.8 Å². The molecule has 80 valence electrons. The molecule has 14 heavy (non-hydrogen) atoms. The van der Waals surface area contributed by atoms with Gasteiger partial charge in [0.25, 0.3) is 0 Å². The van der Waals surface area contributed by atoms with Crippen LogP contribution in [0.25, 0.3) is 0 Å². The van der Waals surface area contributed by atoms with E-state index in [4.69, 9.17) is 0 Å². The lowest BCUT2D eigenvalue weighted by Gasteiger charge is -2.53. The van der Waals surface area contributed by atoms with Crippen LogP contribution in [0.2, 0.25) is 0 Å². The first-order valence-corrected chi connectivity index (χ1v) is 6.30. The summed E-state index contributed by atoms with van der Waals surface area (Å²) in [6, 6.07) is 0. The molecule has 0 spiro atoms. The summed E-state index contributed by atoms with van der Waals surface area (Å²) in [5.41, 5.74) is 0.106. The van der Waals surface area contributed by atoms with E-state index in [1.807, 2.05) is 0 Å². The number of carbonyl (C=O) groups excluding carboxylic acids is 1. The predicted molar refractivity (Wildman–Crippen MR) is 58.1 cm³/mol. The van der Waals surface area contributed by atoms with Crippen LogP contribution in [0, 0.1) is 17.3 Å². The van der Waals surface area contributed by atoms with Crippen molar-refractivity contribution in [2.24, 2.45) is 17.3 Å². The average Bonchev–Trinajstić information content (AvgIpc) is 2.43. The first-order chi connectivity index (χ1) is 6.76. The molecular weight excluding hydrogens is 172 g/mol. The van der Waals surface area contributed by atoms with Crippen molar-refractivity contribution in [1.82, 2.24) is 0 Å². The maximum atomic E-state index is 12.1. The quantitative estimate of drug-likeness (QED) is 0.656. The van der Waals surface area contributed by atoms with Gasteiger partial charge in [-0.05, 0) is 31.6 Å². The molecule has 0 aliphatic heterocycles. The molecular formula is C13H22O. The van der Waals surface area contributed by atoms with E-state index in [2.05, 4.69) is 13.8 Å². The molecule has 0 aromatic carbocycles. The topological polar surface area (TPSA) is 17.1 Å². The number of fused-ring (bicyclic) bond motifs is 1. The van der Waals surface area contributed by atoms with Crippen molar-refractivity contribution < 1.29 is 4.79 Å². The zero-order chi connectivity index (χ0) is 10.2. The van der Waals surface area contributed by atoms with Crippen molar-refractivity contribution >= 4 is 5.78 Å². The summed E-state index contributed by atoms with van der Waals surface area (Å²) in [4.78, 5) is 12.1. The molecule has 1 nitrogen and oxygen atoms in total. The van der Waals surface area contributed by atoms with Crippen LogP contribution in [0.4, 0.5) is 0 Å². The van der Waals surface area contributed by atoms with Crippen molar-refractivity contribution in [1.29, 1.82) is 0 Å². The second kappa shape index (κ2) is 3.67. The largest absolute Gasteiger partial charge is 0.299 e. The summed E-state index contributed by atoms with van der Waals surface area (Å²) in [7, 11) is 0. The Morgan fingerprint density at radius 1 is 1.14 bits per heavy atom. The molecule has 2 aliphatic carbocycles. The third-order valence-electron chi connectivity index (χ3n) is 4.82. The highest BCUT2D eigenvalue weighted by Crippen LogP contribution is 2.57. The van der Waals surface area contributed by atoms with Crippen LogP contribution >= 0.6 is 0 Å². The zero-order valence-corrected chi connectivity index (χ0v) is 9.51. The van der Waals surface area contributed by atoms with Gasteiger partial charge in [-0.3, -0.25) is 4.79 Å². The fraction of sp³-hybridized carbons (Fsp3) is 0.923. The predicted octanol–water partition coefficient (Wildman–Crippen LogP) is 3.57. The molecule has 0 radical (unpaired) electrons. The van der Waals surface area contributed by atoms with Gasteiger partial charge < -0.3 is 0 Å². The number of hydrogen-bond donors (Lipinski definition) is 0. The van der Waals surface area contributed by atoms with Gasteiger partial charge in [0.05, 0.1) is 0 Å². The van der Waals surface area contributed by atoms with Gasteiger partial charge in [-0.2, -0.15) is 0 Å². The Morgan fingerprint density at radius 3 is 2.43 bits per heavy atom. The van der Waals surface area contributed by atoms with Crippen molar-refractivity contribution in [3.63, 3.8) is 0 Å². The van der Waals surface area contributed by atoms with Crippen LogP contribution in [-0.4, -0.2) is 5.78 Å². The molecule has 2 atom stereocenters. The average molecular weight is 194 g/mol. The van der Waals surface area contributed by atoms with Gasteiger partial charge in [-0.25, -0.2) is 0 Å². The standard InChI is InChI=1S/C13H22O/c1-3-13(4-2)11-9-7-5-6-8-10(11)12(13)14/h10-11H,3-9H2,1-2H3. The third kappa shape index (κ3) is 1.17. The molecule has 2 aliphatic rings. The lowest BCUT2D eigenvalue weighted by molar-refractivity contribution is -0.159. The molecule has 2 saturated carbocycles. The van der Waals surface area contributed by atoms with Gasteiger partial charge in [-0.1, -0.05) is 33.1 Å². The Bertz CT molecular complexity index is 227. The molecule has 0 saturated heterocycles. The molecule has 2 rings (SSSR count). The molecule has 0 aromatic rings. The zero-order valence-electron chi connectivity index (χ0n) is 9.51. The molecule has 0 N–H and O–H groups in total. The second-order valence-corrected chi connectivity index (χ2v) is 5.08. The van der Waals surface area contributed by atoms with E-state index in [0.29, 0.717) is 11.7 Å². The van der Waals surface area contributed by atoms with Crippen LogP contribution in [-0.2, 0) is 4.79 Å². The van der Waals surface area contributed by atoms with Crippen LogP contribution in [0.3, 0.4) is 0 Å². The molecule has 1 heteroatoms. The second-order valence-electron chi connectivity index (χ2n) is 5.08. The Kier molecular flexibility index (Phi) is 2.68. The minimum Gasteiger partial charge on any atom is -0.299 e. The minimum absolute atomic E-state index is 0.106. The van der Waals surface area contributed by atoms with E-state index >= 15 is 0 Å². The highest BCUT2D eigenvalue weighted by Gasteiger charge is 2.58. The molecule has 2 fully saturated rings. The minimum atomic E-state index is 0.106. The Morgan fingerprint density at radius 2 is 1.79 bits per heavy atom. The number of rotatable bonds is 2. The normalized spacial score (nSPS) is 35.7. The SMILES string of the molecule is CCC1(CC)C(=O)C2CCCCCC21. The van der Waals surface area contributed by atoms with Crippen molar-refractivity contribution in [3.05, 3.63) is 0 Å². The van der Waals surface area contributed by atoms with E-state index in [9.17, 15) is 4.79 Å². The van der Waals surface area contributed by atoms with Gasteiger partial charge in [0.1, 0.15) is 5.78 Å². The third-order valence-corrected chi connectivity index (χ3v) is 4.82. The Balaban J connectivity index is 2.17. The van der Waals surface area contributed by atoms with Gasteiger partial charge in [0.2, 0.25) is 0 Å². The van der Waals surface area contributed by atoms with E-state index < -0.39 is 0 Å². The van der Waals surface area contributed by atoms with Crippen LogP contribution < -0.4 is 0 Å². The van der Waals surface area contributed by atoms with Crippen LogP contribution in [0.5, 0.6) is 0 Å². The van der Waals surface area contributed by atoms with Crippen LogP contribution in [0.15, 0.2) is 0 Å². The molecule has 2 unspecified atom stereocenters. The number of ketones is 1. The van der Waals surface area contributed by atoms with Gasteiger partial charge in [0, 0.05) is 11.3 Å².